The summed E-state index contributed by atoms with van der Waals surface area (Å²) in [6.45, 7) is 4.61. The van der Waals surface area contributed by atoms with Crippen molar-refractivity contribution in [2.45, 2.75) is 13.0 Å². The summed E-state index contributed by atoms with van der Waals surface area (Å²) in [5.74, 6) is 0.0836. The van der Waals surface area contributed by atoms with Gasteiger partial charge in [0.15, 0.2) is 0 Å². The molecule has 0 spiro atoms. The Morgan fingerprint density at radius 3 is 3.12 bits per heavy atom. The van der Waals surface area contributed by atoms with E-state index in [-0.39, 0.29) is 11.9 Å². The summed E-state index contributed by atoms with van der Waals surface area (Å²) in [5, 5.41) is 9.19. The number of nitrogens with one attached hydrogen (secondary N) is 2. The number of nitrogens with zero attached hydrogens (tertiary/aromatic N) is 1. The summed E-state index contributed by atoms with van der Waals surface area (Å²) in [6, 6.07) is 1.96. The molecule has 0 saturated carbocycles. The molecule has 1 aliphatic rings. The first-order chi connectivity index (χ1) is 7.68. The second-order valence-electron chi connectivity index (χ2n) is 4.12. The van der Waals surface area contributed by atoms with Gasteiger partial charge in [-0.3, -0.25) is 9.69 Å². The molecule has 0 aromatic carbocycles. The van der Waals surface area contributed by atoms with Crippen molar-refractivity contribution in [3.8, 4) is 0 Å². The van der Waals surface area contributed by atoms with Crippen molar-refractivity contribution >= 4 is 22.2 Å². The number of amides is 1. The van der Waals surface area contributed by atoms with E-state index in [1.807, 2.05) is 25.4 Å². The third-order valence-corrected chi connectivity index (χ3v) is 3.84. The number of likely N-dealkylation sites (N-methyl/N-ethyl adjacent to an activating group) is 1. The van der Waals surface area contributed by atoms with Crippen molar-refractivity contribution in [2.24, 2.45) is 0 Å². The summed E-state index contributed by atoms with van der Waals surface area (Å²) in [7, 11) is 1.99. The highest BCUT2D eigenvalue weighted by Crippen LogP contribution is 2.22. The van der Waals surface area contributed by atoms with E-state index in [1.165, 1.54) is 0 Å². The molecule has 4 nitrogen and oxygen atoms in total. The van der Waals surface area contributed by atoms with Gasteiger partial charge < -0.3 is 10.6 Å². The van der Waals surface area contributed by atoms with Gasteiger partial charge in [0.1, 0.15) is 6.04 Å². The lowest BCUT2D eigenvalue weighted by Crippen LogP contribution is -2.54. The molecule has 1 amide bonds. The minimum absolute atomic E-state index is 0.0600. The standard InChI is InChI=1S/C11H17N3OS/c1-8-3-6-16-11(8)13-10(15)9-7-12-4-5-14(9)2/h3,6,9,12H,4-5,7H2,1-2H3,(H,13,15). The smallest absolute Gasteiger partial charge is 0.243 e. The third-order valence-electron chi connectivity index (χ3n) is 2.91. The van der Waals surface area contributed by atoms with Crippen molar-refractivity contribution in [2.75, 3.05) is 32.0 Å². The first-order valence-corrected chi connectivity index (χ1v) is 6.32. The fourth-order valence-corrected chi connectivity index (χ4v) is 2.62. The Balaban J connectivity index is 2.00. The maximum atomic E-state index is 12.0. The average Bonchev–Trinajstić information content (AvgIpc) is 2.65. The highest BCUT2D eigenvalue weighted by Gasteiger charge is 2.26. The summed E-state index contributed by atoms with van der Waals surface area (Å²) < 4.78 is 0. The molecule has 5 heteroatoms. The molecular weight excluding hydrogens is 222 g/mol. The molecule has 0 radical (unpaired) electrons. The van der Waals surface area contributed by atoms with E-state index in [4.69, 9.17) is 0 Å². The highest BCUT2D eigenvalue weighted by atomic mass is 32.1. The number of thiophene rings is 1. The van der Waals surface area contributed by atoms with Crippen LogP contribution >= 0.6 is 11.3 Å². The first-order valence-electron chi connectivity index (χ1n) is 5.44. The van der Waals surface area contributed by atoms with E-state index in [2.05, 4.69) is 15.5 Å². The van der Waals surface area contributed by atoms with Gasteiger partial charge in [-0.15, -0.1) is 11.3 Å². The zero-order chi connectivity index (χ0) is 11.5. The lowest BCUT2D eigenvalue weighted by molar-refractivity contribution is -0.121. The molecule has 16 heavy (non-hydrogen) atoms. The molecule has 2 rings (SSSR count). The molecule has 2 heterocycles. The minimum Gasteiger partial charge on any atom is -0.316 e. The van der Waals surface area contributed by atoms with Crippen molar-refractivity contribution in [3.05, 3.63) is 17.0 Å². The number of anilines is 1. The number of piperazine rings is 1. The zero-order valence-electron chi connectivity index (χ0n) is 9.62. The topological polar surface area (TPSA) is 44.4 Å². The molecule has 1 atom stereocenters. The van der Waals surface area contributed by atoms with Gasteiger partial charge in [0.05, 0.1) is 5.00 Å². The zero-order valence-corrected chi connectivity index (χ0v) is 10.4. The van der Waals surface area contributed by atoms with Crippen LogP contribution in [0.2, 0.25) is 0 Å². The molecule has 0 bridgehead atoms. The van der Waals surface area contributed by atoms with E-state index < -0.39 is 0 Å². The summed E-state index contributed by atoms with van der Waals surface area (Å²) >= 11 is 1.57. The number of hydrogen-bond acceptors (Lipinski definition) is 4. The van der Waals surface area contributed by atoms with Crippen LogP contribution < -0.4 is 10.6 Å². The maximum absolute atomic E-state index is 12.0. The second-order valence-corrected chi connectivity index (χ2v) is 5.04. The van der Waals surface area contributed by atoms with E-state index in [1.54, 1.807) is 11.3 Å². The van der Waals surface area contributed by atoms with E-state index in [9.17, 15) is 4.79 Å². The maximum Gasteiger partial charge on any atom is 0.243 e. The van der Waals surface area contributed by atoms with Crippen LogP contribution in [0.5, 0.6) is 0 Å². The molecule has 0 aliphatic carbocycles. The monoisotopic (exact) mass is 239 g/mol. The van der Waals surface area contributed by atoms with Crippen molar-refractivity contribution in [3.63, 3.8) is 0 Å². The molecule has 1 aromatic rings. The van der Waals surface area contributed by atoms with Crippen LogP contribution in [-0.4, -0.2) is 43.5 Å². The van der Waals surface area contributed by atoms with Crippen LogP contribution in [0.1, 0.15) is 5.56 Å². The van der Waals surface area contributed by atoms with E-state index >= 15 is 0 Å². The van der Waals surface area contributed by atoms with Gasteiger partial charge in [-0.05, 0) is 31.0 Å². The van der Waals surface area contributed by atoms with Gasteiger partial charge in [-0.1, -0.05) is 0 Å². The number of carbonyl (C=O) groups excluding carboxylic acids is 1. The molecule has 1 saturated heterocycles. The number of carbonyl (C=O) groups is 1. The van der Waals surface area contributed by atoms with Gasteiger partial charge in [0.2, 0.25) is 5.91 Å². The fraction of sp³-hybridized carbons (Fsp3) is 0.545. The fourth-order valence-electron chi connectivity index (χ4n) is 1.79. The van der Waals surface area contributed by atoms with E-state index in [0.717, 1.165) is 30.2 Å². The molecule has 1 fully saturated rings. The largest absolute Gasteiger partial charge is 0.316 e. The second kappa shape index (κ2) is 4.95. The predicted octanol–water partition coefficient (Wildman–Crippen LogP) is 0.899. The quantitative estimate of drug-likeness (QED) is 0.806. The average molecular weight is 239 g/mol. The third kappa shape index (κ3) is 2.42. The van der Waals surface area contributed by atoms with Gasteiger partial charge in [0.25, 0.3) is 0 Å². The molecule has 1 aliphatic heterocycles. The van der Waals surface area contributed by atoms with Crippen LogP contribution in [0.3, 0.4) is 0 Å². The Morgan fingerprint density at radius 2 is 2.50 bits per heavy atom. The van der Waals surface area contributed by atoms with Gasteiger partial charge in [-0.2, -0.15) is 0 Å². The van der Waals surface area contributed by atoms with Gasteiger partial charge in [0, 0.05) is 19.6 Å². The van der Waals surface area contributed by atoms with Crippen LogP contribution in [0, 0.1) is 6.92 Å². The SMILES string of the molecule is Cc1ccsc1NC(=O)C1CNCCN1C. The van der Waals surface area contributed by atoms with Gasteiger partial charge in [-0.25, -0.2) is 0 Å². The molecule has 2 N–H and O–H groups in total. The van der Waals surface area contributed by atoms with Crippen molar-refractivity contribution in [1.29, 1.82) is 0 Å². The Morgan fingerprint density at radius 1 is 1.69 bits per heavy atom. The number of rotatable bonds is 2. The normalized spacial score (nSPS) is 22.0. The highest BCUT2D eigenvalue weighted by molar-refractivity contribution is 7.14. The Kier molecular flexibility index (Phi) is 3.58. The summed E-state index contributed by atoms with van der Waals surface area (Å²) in [4.78, 5) is 14.1. The summed E-state index contributed by atoms with van der Waals surface area (Å²) in [6.07, 6.45) is 0. The number of aryl methyl sites for hydroxylation is 1. The molecule has 1 aromatic heterocycles. The summed E-state index contributed by atoms with van der Waals surface area (Å²) in [5.41, 5.74) is 1.13. The Labute approximate surface area is 99.6 Å². The lowest BCUT2D eigenvalue weighted by atomic mass is 10.2. The molecule has 1 unspecified atom stereocenters. The first kappa shape index (κ1) is 11.6. The molecule has 88 valence electrons. The predicted molar refractivity (Wildman–Crippen MR) is 67.0 cm³/mol. The molecular formula is C11H17N3OS. The number of hydrogen-bond donors (Lipinski definition) is 2. The van der Waals surface area contributed by atoms with Crippen LogP contribution in [-0.2, 0) is 4.79 Å². The Hall–Kier alpha value is -0.910. The Bertz CT molecular complexity index is 377. The van der Waals surface area contributed by atoms with E-state index in [0.29, 0.717) is 0 Å². The minimum atomic E-state index is -0.0600. The lowest BCUT2D eigenvalue weighted by Gasteiger charge is -2.31. The van der Waals surface area contributed by atoms with Crippen LogP contribution in [0.4, 0.5) is 5.00 Å². The van der Waals surface area contributed by atoms with Crippen LogP contribution in [0.25, 0.3) is 0 Å². The van der Waals surface area contributed by atoms with Gasteiger partial charge >= 0.3 is 0 Å². The van der Waals surface area contributed by atoms with Crippen molar-refractivity contribution < 1.29 is 4.79 Å². The van der Waals surface area contributed by atoms with Crippen molar-refractivity contribution in [1.82, 2.24) is 10.2 Å². The van der Waals surface area contributed by atoms with Crippen LogP contribution in [0.15, 0.2) is 11.4 Å².